The van der Waals surface area contributed by atoms with Gasteiger partial charge in [-0.2, -0.15) is 12.6 Å². The third kappa shape index (κ3) is 5.89. The third-order valence-electron chi connectivity index (χ3n) is 8.98. The maximum Gasteiger partial charge on any atom is 0.0541 e. The van der Waals surface area contributed by atoms with Gasteiger partial charge in [-0.25, -0.2) is 0 Å². The number of fused-ring (bicyclic) bond motifs is 2. The first kappa shape index (κ1) is 30.8. The SMILES string of the molecule is SC(c1c(P(c2ccccc2)c2ccccc2)ccc2ccccc12)c1c(P(c2ccccc2)c2ccccc2)ccc2ccccc12. The monoisotopic (exact) mass is 668 g/mol. The molecule has 0 saturated carbocycles. The lowest BCUT2D eigenvalue weighted by Gasteiger charge is -2.30. The van der Waals surface area contributed by atoms with Gasteiger partial charge in [0.2, 0.25) is 0 Å². The van der Waals surface area contributed by atoms with E-state index in [4.69, 9.17) is 12.6 Å². The number of hydrogen-bond donors (Lipinski definition) is 1. The second kappa shape index (κ2) is 13.9. The molecule has 0 atom stereocenters. The first-order valence-corrected chi connectivity index (χ1v) is 19.5. The second-order valence-corrected chi connectivity index (χ2v) is 16.7. The summed E-state index contributed by atoms with van der Waals surface area (Å²) in [5, 5.41) is 12.9. The fraction of sp³-hybridized carbons (Fsp3) is 0.0222. The van der Waals surface area contributed by atoms with Gasteiger partial charge in [0.1, 0.15) is 0 Å². The Morgan fingerprint density at radius 1 is 0.312 bits per heavy atom. The lowest BCUT2D eigenvalue weighted by molar-refractivity contribution is 1.24. The van der Waals surface area contributed by atoms with Crippen LogP contribution in [0.1, 0.15) is 16.4 Å². The number of benzene rings is 8. The Kier molecular flexibility index (Phi) is 8.93. The maximum absolute atomic E-state index is 5.76. The molecule has 0 unspecified atom stereocenters. The third-order valence-corrected chi connectivity index (χ3v) is 14.5. The molecule has 0 radical (unpaired) electrons. The predicted molar refractivity (Wildman–Crippen MR) is 216 cm³/mol. The van der Waals surface area contributed by atoms with E-state index in [9.17, 15) is 0 Å². The summed E-state index contributed by atoms with van der Waals surface area (Å²) in [7, 11) is -1.72. The Labute approximate surface area is 291 Å². The molecule has 230 valence electrons. The van der Waals surface area contributed by atoms with Crippen molar-refractivity contribution in [3.63, 3.8) is 0 Å². The summed E-state index contributed by atoms with van der Waals surface area (Å²) in [6, 6.07) is 71.2. The molecule has 0 nitrogen and oxygen atoms in total. The van der Waals surface area contributed by atoms with Gasteiger partial charge in [0.15, 0.2) is 0 Å². The highest BCUT2D eigenvalue weighted by atomic mass is 32.1. The highest BCUT2D eigenvalue weighted by Crippen LogP contribution is 2.45. The highest BCUT2D eigenvalue weighted by Gasteiger charge is 2.30. The topological polar surface area (TPSA) is 0 Å². The van der Waals surface area contributed by atoms with E-state index in [1.165, 1.54) is 64.5 Å². The summed E-state index contributed by atoms with van der Waals surface area (Å²) in [5.74, 6) is 0. The molecule has 8 rings (SSSR count). The van der Waals surface area contributed by atoms with Crippen molar-refractivity contribution in [1.29, 1.82) is 0 Å². The molecule has 0 aliphatic carbocycles. The van der Waals surface area contributed by atoms with Crippen LogP contribution in [0.25, 0.3) is 21.5 Å². The van der Waals surface area contributed by atoms with Gasteiger partial charge in [-0.05, 0) is 80.3 Å². The highest BCUT2D eigenvalue weighted by molar-refractivity contribution is 7.82. The molecule has 0 aromatic heterocycles. The Morgan fingerprint density at radius 2 is 0.604 bits per heavy atom. The molecule has 0 aliphatic heterocycles. The molecule has 0 spiro atoms. The van der Waals surface area contributed by atoms with Crippen LogP contribution in [0.3, 0.4) is 0 Å². The lowest BCUT2D eigenvalue weighted by atomic mass is 9.94. The molecule has 0 fully saturated rings. The summed E-state index contributed by atoms with van der Waals surface area (Å²) in [6.45, 7) is 0. The average Bonchev–Trinajstić information content (AvgIpc) is 3.16. The Hall–Kier alpha value is -4.51. The van der Waals surface area contributed by atoms with Gasteiger partial charge in [-0.3, -0.25) is 0 Å². The van der Waals surface area contributed by atoms with Crippen LogP contribution in [-0.2, 0) is 0 Å². The van der Waals surface area contributed by atoms with Crippen LogP contribution in [0.4, 0.5) is 0 Å². The van der Waals surface area contributed by atoms with Crippen LogP contribution in [0.5, 0.6) is 0 Å². The Bertz CT molecular complexity index is 2060. The van der Waals surface area contributed by atoms with Crippen molar-refractivity contribution in [3.05, 3.63) is 205 Å². The molecule has 0 amide bonds. The predicted octanol–water partition coefficient (Wildman–Crippen LogP) is 9.53. The van der Waals surface area contributed by atoms with E-state index in [0.717, 1.165) is 0 Å². The fourth-order valence-corrected chi connectivity index (χ4v) is 12.6. The fourth-order valence-electron chi connectivity index (χ4n) is 6.84. The Balaban J connectivity index is 1.45. The minimum absolute atomic E-state index is 0.179. The molecular formula is C45H34P2S. The van der Waals surface area contributed by atoms with E-state index in [2.05, 4.69) is 194 Å². The minimum Gasteiger partial charge on any atom is -0.166 e. The number of hydrogen-bond acceptors (Lipinski definition) is 1. The number of rotatable bonds is 8. The van der Waals surface area contributed by atoms with Gasteiger partial charge >= 0.3 is 0 Å². The van der Waals surface area contributed by atoms with E-state index in [1.807, 2.05) is 0 Å². The molecule has 8 aromatic carbocycles. The van der Waals surface area contributed by atoms with Gasteiger partial charge in [0, 0.05) is 0 Å². The van der Waals surface area contributed by atoms with Crippen LogP contribution >= 0.6 is 28.5 Å². The van der Waals surface area contributed by atoms with E-state index in [-0.39, 0.29) is 5.25 Å². The first-order valence-electron chi connectivity index (χ1n) is 16.3. The Morgan fingerprint density at radius 3 is 0.938 bits per heavy atom. The van der Waals surface area contributed by atoms with E-state index in [1.54, 1.807) is 0 Å². The summed E-state index contributed by atoms with van der Waals surface area (Å²) < 4.78 is 0. The molecular weight excluding hydrogens is 635 g/mol. The molecule has 3 heteroatoms. The normalized spacial score (nSPS) is 11.6. The molecule has 8 aromatic rings. The van der Waals surface area contributed by atoms with E-state index < -0.39 is 15.8 Å². The van der Waals surface area contributed by atoms with Gasteiger partial charge in [-0.1, -0.05) is 194 Å². The summed E-state index contributed by atoms with van der Waals surface area (Å²) in [5.41, 5.74) is 2.59. The van der Waals surface area contributed by atoms with Crippen LogP contribution < -0.4 is 31.8 Å². The molecule has 48 heavy (non-hydrogen) atoms. The molecule has 0 aliphatic rings. The first-order chi connectivity index (χ1) is 23.8. The van der Waals surface area contributed by atoms with E-state index in [0.29, 0.717) is 0 Å². The minimum atomic E-state index is -0.862. The van der Waals surface area contributed by atoms with Crippen molar-refractivity contribution in [1.82, 2.24) is 0 Å². The zero-order valence-electron chi connectivity index (χ0n) is 26.4. The smallest absolute Gasteiger partial charge is 0.0541 e. The summed E-state index contributed by atoms with van der Waals surface area (Å²) >= 11 is 5.76. The standard InChI is InChI=1S/C45H34P2S/c48-45(43-39-27-15-13-17-33(39)29-31-41(43)46(35-19-5-1-6-20-35)36-21-7-2-8-22-36)44-40-28-16-14-18-34(40)30-32-42(44)47(37-23-9-3-10-24-37)38-25-11-4-12-26-38/h1-32,45,48H. The molecule has 0 N–H and O–H groups in total. The van der Waals surface area contributed by atoms with Gasteiger partial charge in [0.25, 0.3) is 0 Å². The van der Waals surface area contributed by atoms with Crippen molar-refractivity contribution in [3.8, 4) is 0 Å². The maximum atomic E-state index is 5.76. The largest absolute Gasteiger partial charge is 0.166 e. The molecule has 0 heterocycles. The second-order valence-electron chi connectivity index (χ2n) is 11.9. The van der Waals surface area contributed by atoms with Crippen molar-refractivity contribution in [2.75, 3.05) is 0 Å². The van der Waals surface area contributed by atoms with Crippen molar-refractivity contribution < 1.29 is 0 Å². The van der Waals surface area contributed by atoms with Crippen LogP contribution in [0.15, 0.2) is 194 Å². The van der Waals surface area contributed by atoms with Crippen LogP contribution in [-0.4, -0.2) is 0 Å². The van der Waals surface area contributed by atoms with Gasteiger partial charge in [0.05, 0.1) is 5.25 Å². The van der Waals surface area contributed by atoms with E-state index >= 15 is 0 Å². The quantitative estimate of drug-likeness (QED) is 0.121. The average molecular weight is 669 g/mol. The van der Waals surface area contributed by atoms with Crippen molar-refractivity contribution >= 4 is 81.8 Å². The summed E-state index contributed by atoms with van der Waals surface area (Å²) in [6.07, 6.45) is 0. The van der Waals surface area contributed by atoms with Crippen molar-refractivity contribution in [2.24, 2.45) is 0 Å². The molecule has 0 bridgehead atoms. The number of thiol groups is 1. The summed E-state index contributed by atoms with van der Waals surface area (Å²) in [4.78, 5) is 0. The van der Waals surface area contributed by atoms with Gasteiger partial charge in [-0.15, -0.1) is 0 Å². The van der Waals surface area contributed by atoms with Crippen molar-refractivity contribution in [2.45, 2.75) is 5.25 Å². The zero-order valence-corrected chi connectivity index (χ0v) is 29.1. The zero-order chi connectivity index (χ0) is 32.3. The lowest BCUT2D eigenvalue weighted by Crippen LogP contribution is -2.27. The van der Waals surface area contributed by atoms with Crippen LogP contribution in [0, 0.1) is 0 Å². The molecule has 0 saturated heterocycles. The van der Waals surface area contributed by atoms with Gasteiger partial charge < -0.3 is 0 Å². The van der Waals surface area contributed by atoms with Crippen LogP contribution in [0.2, 0.25) is 0 Å².